The van der Waals surface area contributed by atoms with Crippen molar-refractivity contribution in [1.82, 2.24) is 0 Å². The number of benzene rings is 1. The SMILES string of the molecule is Cc1cc(Cl)cc([C@H](N)[C@@H](C)O)c1O.Cl. The molecule has 0 aliphatic rings. The van der Waals surface area contributed by atoms with Gasteiger partial charge in [0.25, 0.3) is 0 Å². The van der Waals surface area contributed by atoms with Gasteiger partial charge in [0, 0.05) is 10.6 Å². The maximum absolute atomic E-state index is 9.69. The first-order valence-electron chi connectivity index (χ1n) is 4.36. The number of aliphatic hydroxyl groups excluding tert-OH is 1. The second-order valence-corrected chi connectivity index (χ2v) is 3.86. The van der Waals surface area contributed by atoms with E-state index in [9.17, 15) is 10.2 Å². The van der Waals surface area contributed by atoms with Crippen LogP contribution in [0.5, 0.6) is 5.75 Å². The van der Waals surface area contributed by atoms with Crippen molar-refractivity contribution in [2.75, 3.05) is 0 Å². The third kappa shape index (κ3) is 3.24. The molecule has 3 nitrogen and oxygen atoms in total. The highest BCUT2D eigenvalue weighted by Crippen LogP contribution is 2.31. The Morgan fingerprint density at radius 3 is 2.40 bits per heavy atom. The molecule has 15 heavy (non-hydrogen) atoms. The van der Waals surface area contributed by atoms with Crippen LogP contribution in [-0.4, -0.2) is 16.3 Å². The van der Waals surface area contributed by atoms with Gasteiger partial charge >= 0.3 is 0 Å². The predicted octanol–water partition coefficient (Wildman–Crippen LogP) is 2.16. The van der Waals surface area contributed by atoms with Gasteiger partial charge in [-0.15, -0.1) is 12.4 Å². The van der Waals surface area contributed by atoms with E-state index in [4.69, 9.17) is 17.3 Å². The lowest BCUT2D eigenvalue weighted by Crippen LogP contribution is -2.23. The molecule has 0 aliphatic heterocycles. The number of aryl methyl sites for hydroxylation is 1. The zero-order valence-corrected chi connectivity index (χ0v) is 10.1. The van der Waals surface area contributed by atoms with E-state index in [0.717, 1.165) is 0 Å². The third-order valence-electron chi connectivity index (χ3n) is 2.17. The van der Waals surface area contributed by atoms with Crippen molar-refractivity contribution >= 4 is 24.0 Å². The minimum atomic E-state index is -0.723. The second kappa shape index (κ2) is 5.56. The lowest BCUT2D eigenvalue weighted by Gasteiger charge is -2.17. The van der Waals surface area contributed by atoms with E-state index in [1.165, 1.54) is 0 Å². The molecule has 4 N–H and O–H groups in total. The molecule has 0 heterocycles. The average molecular weight is 252 g/mol. The number of hydrogen-bond acceptors (Lipinski definition) is 3. The molecule has 0 saturated carbocycles. The molecule has 0 bridgehead atoms. The van der Waals surface area contributed by atoms with Crippen molar-refractivity contribution in [3.63, 3.8) is 0 Å². The number of nitrogens with two attached hydrogens (primary N) is 1. The molecule has 0 saturated heterocycles. The molecule has 1 aromatic carbocycles. The highest BCUT2D eigenvalue weighted by molar-refractivity contribution is 6.30. The van der Waals surface area contributed by atoms with Crippen LogP contribution in [0.3, 0.4) is 0 Å². The van der Waals surface area contributed by atoms with Crippen LogP contribution in [0.15, 0.2) is 12.1 Å². The summed E-state index contributed by atoms with van der Waals surface area (Å²) in [6.45, 7) is 3.31. The fourth-order valence-electron chi connectivity index (χ4n) is 1.28. The van der Waals surface area contributed by atoms with E-state index in [1.807, 2.05) is 0 Å². The van der Waals surface area contributed by atoms with Crippen molar-refractivity contribution in [3.8, 4) is 5.75 Å². The van der Waals surface area contributed by atoms with Crippen molar-refractivity contribution in [3.05, 3.63) is 28.3 Å². The summed E-state index contributed by atoms with van der Waals surface area (Å²) >= 11 is 5.82. The molecule has 2 atom stereocenters. The Bertz CT molecular complexity index is 342. The molecule has 0 aromatic heterocycles. The molecule has 0 spiro atoms. The minimum Gasteiger partial charge on any atom is -0.507 e. The Morgan fingerprint density at radius 1 is 1.40 bits per heavy atom. The minimum absolute atomic E-state index is 0. The second-order valence-electron chi connectivity index (χ2n) is 3.43. The molecule has 1 aromatic rings. The van der Waals surface area contributed by atoms with Crippen molar-refractivity contribution in [1.29, 1.82) is 0 Å². The van der Waals surface area contributed by atoms with E-state index in [1.54, 1.807) is 26.0 Å². The summed E-state index contributed by atoms with van der Waals surface area (Å²) < 4.78 is 0. The number of rotatable bonds is 2. The largest absolute Gasteiger partial charge is 0.507 e. The summed E-state index contributed by atoms with van der Waals surface area (Å²) in [5, 5.41) is 19.5. The number of phenolic OH excluding ortho intramolecular Hbond substituents is 1. The van der Waals surface area contributed by atoms with E-state index in [0.29, 0.717) is 16.1 Å². The summed E-state index contributed by atoms with van der Waals surface area (Å²) in [6.07, 6.45) is -0.723. The molecule has 1 rings (SSSR count). The lowest BCUT2D eigenvalue weighted by molar-refractivity contribution is 0.163. The normalized spacial score (nSPS) is 14.2. The molecular formula is C10H15Cl2NO2. The van der Waals surface area contributed by atoms with Crippen LogP contribution in [0, 0.1) is 6.92 Å². The smallest absolute Gasteiger partial charge is 0.123 e. The zero-order valence-electron chi connectivity index (χ0n) is 8.57. The van der Waals surface area contributed by atoms with E-state index in [2.05, 4.69) is 0 Å². The number of halogens is 2. The molecule has 0 unspecified atom stereocenters. The van der Waals surface area contributed by atoms with Gasteiger partial charge in [-0.3, -0.25) is 0 Å². The van der Waals surface area contributed by atoms with Gasteiger partial charge in [0.05, 0.1) is 12.1 Å². The molecule has 0 aliphatic carbocycles. The van der Waals surface area contributed by atoms with Crippen LogP contribution < -0.4 is 5.73 Å². The van der Waals surface area contributed by atoms with E-state index >= 15 is 0 Å². The fourth-order valence-corrected chi connectivity index (χ4v) is 1.56. The van der Waals surface area contributed by atoms with Crippen LogP contribution in [0.4, 0.5) is 0 Å². The van der Waals surface area contributed by atoms with Crippen LogP contribution in [0.2, 0.25) is 5.02 Å². The Balaban J connectivity index is 0.00000196. The summed E-state index contributed by atoms with van der Waals surface area (Å²) in [5.41, 5.74) is 6.84. The summed E-state index contributed by atoms with van der Waals surface area (Å²) in [5.74, 6) is 0.0998. The number of hydrogen-bond donors (Lipinski definition) is 3. The van der Waals surface area contributed by atoms with Gasteiger partial charge in [-0.05, 0) is 31.5 Å². The number of aromatic hydroxyl groups is 1. The molecule has 0 radical (unpaired) electrons. The third-order valence-corrected chi connectivity index (χ3v) is 2.39. The summed E-state index contributed by atoms with van der Waals surface area (Å²) in [7, 11) is 0. The van der Waals surface area contributed by atoms with Gasteiger partial charge in [-0.2, -0.15) is 0 Å². The summed E-state index contributed by atoms with van der Waals surface area (Å²) in [6, 6.07) is 2.60. The van der Waals surface area contributed by atoms with Crippen LogP contribution in [-0.2, 0) is 0 Å². The monoisotopic (exact) mass is 251 g/mol. The first-order valence-corrected chi connectivity index (χ1v) is 4.74. The highest BCUT2D eigenvalue weighted by Gasteiger charge is 2.17. The quantitative estimate of drug-likeness (QED) is 0.755. The van der Waals surface area contributed by atoms with Gasteiger partial charge in [0.15, 0.2) is 0 Å². The topological polar surface area (TPSA) is 66.5 Å². The lowest BCUT2D eigenvalue weighted by atomic mass is 10.00. The van der Waals surface area contributed by atoms with Gasteiger partial charge in [-0.1, -0.05) is 11.6 Å². The van der Waals surface area contributed by atoms with E-state index < -0.39 is 12.1 Å². The average Bonchev–Trinajstić information content (AvgIpc) is 2.09. The molecule has 0 amide bonds. The van der Waals surface area contributed by atoms with Gasteiger partial charge in [-0.25, -0.2) is 0 Å². The molecule has 86 valence electrons. The van der Waals surface area contributed by atoms with Gasteiger partial charge < -0.3 is 15.9 Å². The predicted molar refractivity (Wildman–Crippen MR) is 63.7 cm³/mol. The van der Waals surface area contributed by atoms with Crippen LogP contribution >= 0.6 is 24.0 Å². The number of phenols is 1. The Hall–Kier alpha value is -0.480. The maximum Gasteiger partial charge on any atom is 0.123 e. The fraction of sp³-hybridized carbons (Fsp3) is 0.400. The highest BCUT2D eigenvalue weighted by atomic mass is 35.5. The van der Waals surface area contributed by atoms with Crippen molar-refractivity contribution in [2.24, 2.45) is 5.73 Å². The first-order chi connectivity index (χ1) is 6.43. The van der Waals surface area contributed by atoms with Gasteiger partial charge in [0.1, 0.15) is 5.75 Å². The van der Waals surface area contributed by atoms with Gasteiger partial charge in [0.2, 0.25) is 0 Å². The zero-order chi connectivity index (χ0) is 10.9. The van der Waals surface area contributed by atoms with Crippen molar-refractivity contribution < 1.29 is 10.2 Å². The Labute approximate surface area is 100 Å². The summed E-state index contributed by atoms with van der Waals surface area (Å²) in [4.78, 5) is 0. The maximum atomic E-state index is 9.69. The van der Waals surface area contributed by atoms with Crippen molar-refractivity contribution in [2.45, 2.75) is 26.0 Å². The molecule has 5 heteroatoms. The first kappa shape index (κ1) is 14.5. The number of aliphatic hydroxyl groups is 1. The Kier molecular flexibility index (Phi) is 5.38. The van der Waals surface area contributed by atoms with Crippen LogP contribution in [0.25, 0.3) is 0 Å². The standard InChI is InChI=1S/C10H14ClNO2.ClH/c1-5-3-7(11)4-8(10(5)14)9(12)6(2)13;/h3-4,6,9,13-14H,12H2,1-2H3;1H/t6-,9-;/m1./s1. The Morgan fingerprint density at radius 2 is 1.93 bits per heavy atom. The van der Waals surface area contributed by atoms with Crippen LogP contribution in [0.1, 0.15) is 24.1 Å². The van der Waals surface area contributed by atoms with E-state index in [-0.39, 0.29) is 18.2 Å². The molecular weight excluding hydrogens is 237 g/mol. The molecule has 0 fully saturated rings.